The molecule has 0 spiro atoms. The van der Waals surface area contributed by atoms with Crippen molar-refractivity contribution in [3.05, 3.63) is 95.0 Å². The molecule has 0 unspecified atom stereocenters. The molecule has 2 N–H and O–H groups in total. The molecule has 9 heteroatoms. The normalized spacial score (nSPS) is 10.8. The molecule has 4 rings (SSSR count). The van der Waals surface area contributed by atoms with E-state index in [-0.39, 0.29) is 17.5 Å². The largest absolute Gasteiger partial charge is 0.378 e. The summed E-state index contributed by atoms with van der Waals surface area (Å²) in [6.45, 7) is 2.39. The van der Waals surface area contributed by atoms with E-state index in [2.05, 4.69) is 20.8 Å². The van der Waals surface area contributed by atoms with Crippen LogP contribution in [0.15, 0.2) is 78.0 Å². The molecule has 168 valence electrons. The molecule has 0 aliphatic heterocycles. The molecule has 33 heavy (non-hydrogen) atoms. The molecular weight excluding hydrogens is 461 g/mol. The van der Waals surface area contributed by atoms with Gasteiger partial charge in [-0.1, -0.05) is 47.1 Å². The van der Waals surface area contributed by atoms with E-state index in [1.54, 1.807) is 36.4 Å². The van der Waals surface area contributed by atoms with Crippen molar-refractivity contribution in [2.45, 2.75) is 18.6 Å². The van der Waals surface area contributed by atoms with Crippen LogP contribution >= 0.6 is 23.4 Å². The van der Waals surface area contributed by atoms with Crippen molar-refractivity contribution in [1.29, 1.82) is 0 Å². The molecule has 0 saturated carbocycles. The van der Waals surface area contributed by atoms with E-state index < -0.39 is 0 Å². The van der Waals surface area contributed by atoms with Crippen molar-refractivity contribution in [1.82, 2.24) is 14.8 Å². The van der Waals surface area contributed by atoms with Crippen LogP contribution in [0.1, 0.15) is 11.4 Å². The Bertz CT molecular complexity index is 1240. The van der Waals surface area contributed by atoms with Gasteiger partial charge in [0.2, 0.25) is 5.91 Å². The number of carbonyl (C=O) groups excluding carboxylic acids is 1. The van der Waals surface area contributed by atoms with E-state index in [1.807, 2.05) is 35.8 Å². The average Bonchev–Trinajstić information content (AvgIpc) is 3.21. The van der Waals surface area contributed by atoms with Gasteiger partial charge in [-0.3, -0.25) is 9.36 Å². The van der Waals surface area contributed by atoms with Crippen LogP contribution in [-0.4, -0.2) is 26.4 Å². The predicted octanol–water partition coefficient (Wildman–Crippen LogP) is 5.71. The van der Waals surface area contributed by atoms with Crippen molar-refractivity contribution in [2.24, 2.45) is 0 Å². The van der Waals surface area contributed by atoms with E-state index in [0.717, 1.165) is 16.9 Å². The molecule has 4 aromatic rings. The van der Waals surface area contributed by atoms with Crippen LogP contribution in [0.4, 0.5) is 15.8 Å². The number of nitrogens with zero attached hydrogens (tertiary/aromatic N) is 3. The Kier molecular flexibility index (Phi) is 7.26. The summed E-state index contributed by atoms with van der Waals surface area (Å²) >= 11 is 7.27. The molecule has 0 fully saturated rings. The monoisotopic (exact) mass is 481 g/mol. The minimum atomic E-state index is -0.293. The molecule has 6 nitrogen and oxygen atoms in total. The van der Waals surface area contributed by atoms with Crippen LogP contribution < -0.4 is 10.6 Å². The number of nitrogens with one attached hydrogen (secondary N) is 2. The summed E-state index contributed by atoms with van der Waals surface area (Å²) in [5.41, 5.74) is 3.43. The molecular formula is C24H21ClFN5OS. The summed E-state index contributed by atoms with van der Waals surface area (Å²) in [4.78, 5) is 12.5. The Morgan fingerprint density at radius 3 is 2.52 bits per heavy atom. The minimum Gasteiger partial charge on any atom is -0.378 e. The van der Waals surface area contributed by atoms with Crippen molar-refractivity contribution in [3.63, 3.8) is 0 Å². The fraction of sp³-hybridized carbons (Fsp3) is 0.125. The maximum atomic E-state index is 13.2. The second kappa shape index (κ2) is 10.5. The highest BCUT2D eigenvalue weighted by atomic mass is 35.5. The van der Waals surface area contributed by atoms with Crippen molar-refractivity contribution in [2.75, 3.05) is 16.4 Å². The highest BCUT2D eigenvalue weighted by molar-refractivity contribution is 7.99. The van der Waals surface area contributed by atoms with E-state index in [9.17, 15) is 9.18 Å². The maximum Gasteiger partial charge on any atom is 0.234 e. The number of halogens is 2. The van der Waals surface area contributed by atoms with Gasteiger partial charge >= 0.3 is 0 Å². The van der Waals surface area contributed by atoms with Crippen LogP contribution in [0, 0.1) is 12.7 Å². The molecule has 1 amide bonds. The fourth-order valence-electron chi connectivity index (χ4n) is 3.10. The number of anilines is 2. The first kappa shape index (κ1) is 22.8. The van der Waals surface area contributed by atoms with Crippen LogP contribution in [-0.2, 0) is 11.3 Å². The van der Waals surface area contributed by atoms with Crippen molar-refractivity contribution < 1.29 is 9.18 Å². The Balaban J connectivity index is 1.51. The molecule has 0 aliphatic rings. The number of aryl methyl sites for hydroxylation is 1. The molecule has 0 atom stereocenters. The third kappa shape index (κ3) is 6.12. The number of benzene rings is 3. The fourth-order valence-corrected chi connectivity index (χ4v) is 4.06. The number of hydrogen-bond acceptors (Lipinski definition) is 5. The summed E-state index contributed by atoms with van der Waals surface area (Å²) in [5, 5.41) is 15.9. The van der Waals surface area contributed by atoms with E-state index in [1.165, 1.54) is 23.9 Å². The van der Waals surface area contributed by atoms with Crippen molar-refractivity contribution >= 4 is 40.6 Å². The van der Waals surface area contributed by atoms with Gasteiger partial charge in [0.15, 0.2) is 11.0 Å². The van der Waals surface area contributed by atoms with Crippen molar-refractivity contribution in [3.8, 4) is 5.69 Å². The van der Waals surface area contributed by atoms with Crippen LogP contribution in [0.25, 0.3) is 5.69 Å². The number of rotatable bonds is 8. The Hall–Kier alpha value is -3.36. The molecule has 0 saturated heterocycles. The lowest BCUT2D eigenvalue weighted by atomic mass is 10.2. The van der Waals surface area contributed by atoms with E-state index >= 15 is 0 Å². The van der Waals surface area contributed by atoms with Gasteiger partial charge < -0.3 is 10.6 Å². The number of hydrogen-bond donors (Lipinski definition) is 2. The molecule has 0 bridgehead atoms. The van der Waals surface area contributed by atoms with Gasteiger partial charge in [0.05, 0.1) is 12.3 Å². The lowest BCUT2D eigenvalue weighted by molar-refractivity contribution is -0.113. The molecule has 0 radical (unpaired) electrons. The maximum absolute atomic E-state index is 13.2. The smallest absolute Gasteiger partial charge is 0.234 e. The Labute approximate surface area is 200 Å². The number of carbonyl (C=O) groups is 1. The second-order valence-electron chi connectivity index (χ2n) is 7.28. The average molecular weight is 482 g/mol. The van der Waals surface area contributed by atoms with E-state index in [0.29, 0.717) is 28.2 Å². The van der Waals surface area contributed by atoms with Crippen LogP contribution in [0.5, 0.6) is 0 Å². The zero-order valence-electron chi connectivity index (χ0n) is 17.8. The molecule has 1 aromatic heterocycles. The van der Waals surface area contributed by atoms with Gasteiger partial charge in [0, 0.05) is 22.1 Å². The zero-order valence-corrected chi connectivity index (χ0v) is 19.3. The van der Waals surface area contributed by atoms with Gasteiger partial charge in [0.1, 0.15) is 5.82 Å². The molecule has 1 heterocycles. The zero-order chi connectivity index (χ0) is 23.2. The van der Waals surface area contributed by atoms with Gasteiger partial charge in [-0.25, -0.2) is 4.39 Å². The lowest BCUT2D eigenvalue weighted by Gasteiger charge is -2.12. The molecule has 3 aromatic carbocycles. The Morgan fingerprint density at radius 2 is 1.79 bits per heavy atom. The molecule has 0 aliphatic carbocycles. The first-order valence-corrected chi connectivity index (χ1v) is 11.5. The van der Waals surface area contributed by atoms with Gasteiger partial charge in [-0.05, 0) is 61.5 Å². The third-order valence-electron chi connectivity index (χ3n) is 4.73. The first-order valence-electron chi connectivity index (χ1n) is 10.2. The number of amides is 1. The predicted molar refractivity (Wildman–Crippen MR) is 131 cm³/mol. The van der Waals surface area contributed by atoms with Crippen LogP contribution in [0.2, 0.25) is 5.02 Å². The summed E-state index contributed by atoms with van der Waals surface area (Å²) in [7, 11) is 0. The van der Waals surface area contributed by atoms with E-state index in [4.69, 9.17) is 11.6 Å². The SMILES string of the molecule is Cc1ccc(-n2c(CNc3ccc(F)cc3)nnc2SCC(=O)Nc2cccc(Cl)c2)cc1. The summed E-state index contributed by atoms with van der Waals surface area (Å²) in [6, 6.07) is 21.1. The third-order valence-corrected chi connectivity index (χ3v) is 5.89. The second-order valence-corrected chi connectivity index (χ2v) is 8.66. The summed E-state index contributed by atoms with van der Waals surface area (Å²) in [5.74, 6) is 0.354. The minimum absolute atomic E-state index is 0.155. The Morgan fingerprint density at radius 1 is 1.03 bits per heavy atom. The lowest BCUT2D eigenvalue weighted by Crippen LogP contribution is -2.15. The quantitative estimate of drug-likeness (QED) is 0.315. The topological polar surface area (TPSA) is 71.8 Å². The number of thioether (sulfide) groups is 1. The van der Waals surface area contributed by atoms with Gasteiger partial charge in [-0.2, -0.15) is 0 Å². The summed E-state index contributed by atoms with van der Waals surface area (Å²) in [6.07, 6.45) is 0. The van der Waals surface area contributed by atoms with Crippen LogP contribution in [0.3, 0.4) is 0 Å². The first-order chi connectivity index (χ1) is 16.0. The summed E-state index contributed by atoms with van der Waals surface area (Å²) < 4.78 is 15.1. The van der Waals surface area contributed by atoms with Gasteiger partial charge in [0.25, 0.3) is 0 Å². The highest BCUT2D eigenvalue weighted by Gasteiger charge is 2.16. The van der Waals surface area contributed by atoms with Gasteiger partial charge in [-0.15, -0.1) is 10.2 Å². The number of aromatic nitrogens is 3. The standard InChI is InChI=1S/C24H21ClFN5OS/c1-16-5-11-21(12-6-16)31-22(14-27-19-9-7-18(26)8-10-19)29-30-24(31)33-15-23(32)28-20-4-2-3-17(25)13-20/h2-13,27H,14-15H2,1H3,(H,28,32). The highest BCUT2D eigenvalue weighted by Crippen LogP contribution is 2.24.